The van der Waals surface area contributed by atoms with Gasteiger partial charge in [-0.15, -0.1) is 0 Å². The predicted molar refractivity (Wildman–Crippen MR) is 59.8 cm³/mol. The van der Waals surface area contributed by atoms with Gasteiger partial charge in [-0.05, 0) is 13.0 Å². The maximum Gasteiger partial charge on any atom is 0.251 e. The molecular formula is C10H15N3O3. The number of nitrogens with zero attached hydrogens (tertiary/aromatic N) is 1. The van der Waals surface area contributed by atoms with Crippen molar-refractivity contribution in [3.63, 3.8) is 0 Å². The van der Waals surface area contributed by atoms with Gasteiger partial charge in [-0.1, -0.05) is 0 Å². The first kappa shape index (κ1) is 12.3. The van der Waals surface area contributed by atoms with E-state index in [4.69, 9.17) is 10.8 Å². The van der Waals surface area contributed by atoms with Crippen molar-refractivity contribution in [2.45, 2.75) is 19.6 Å². The van der Waals surface area contributed by atoms with Crippen LogP contribution in [0.2, 0.25) is 0 Å². The van der Waals surface area contributed by atoms with Crippen molar-refractivity contribution in [3.05, 3.63) is 28.7 Å². The van der Waals surface area contributed by atoms with Crippen molar-refractivity contribution < 1.29 is 9.90 Å². The molecule has 0 bridgehead atoms. The Hall–Kier alpha value is -1.82. The molecule has 0 spiro atoms. The third-order valence-electron chi connectivity index (χ3n) is 1.91. The van der Waals surface area contributed by atoms with E-state index >= 15 is 0 Å². The predicted octanol–water partition coefficient (Wildman–Crippen LogP) is -1.07. The largest absolute Gasteiger partial charge is 0.398 e. The van der Waals surface area contributed by atoms with Crippen LogP contribution in [0.3, 0.4) is 0 Å². The zero-order valence-corrected chi connectivity index (χ0v) is 9.01. The van der Waals surface area contributed by atoms with Crippen molar-refractivity contribution in [2.75, 3.05) is 12.3 Å². The quantitative estimate of drug-likeness (QED) is 0.607. The van der Waals surface area contributed by atoms with E-state index in [0.29, 0.717) is 5.69 Å². The summed E-state index contributed by atoms with van der Waals surface area (Å²) in [6.45, 7) is 1.62. The minimum atomic E-state index is -0.610. The molecule has 0 fully saturated rings. The van der Waals surface area contributed by atoms with E-state index in [9.17, 15) is 9.59 Å². The van der Waals surface area contributed by atoms with Crippen LogP contribution >= 0.6 is 0 Å². The van der Waals surface area contributed by atoms with Gasteiger partial charge in [0.05, 0.1) is 6.10 Å². The van der Waals surface area contributed by atoms with Gasteiger partial charge < -0.3 is 20.7 Å². The fourth-order valence-corrected chi connectivity index (χ4v) is 1.15. The molecule has 1 heterocycles. The minimum absolute atomic E-state index is 0.101. The molecule has 1 amide bonds. The lowest BCUT2D eigenvalue weighted by atomic mass is 10.4. The Labute approximate surface area is 92.7 Å². The number of aliphatic hydroxyl groups is 1. The Morgan fingerprint density at radius 1 is 1.62 bits per heavy atom. The maximum absolute atomic E-state index is 11.4. The molecule has 0 saturated heterocycles. The molecule has 0 aliphatic rings. The fourth-order valence-electron chi connectivity index (χ4n) is 1.15. The van der Waals surface area contributed by atoms with E-state index in [0.717, 1.165) is 0 Å². The second-order valence-electron chi connectivity index (χ2n) is 3.58. The highest BCUT2D eigenvalue weighted by atomic mass is 16.3. The van der Waals surface area contributed by atoms with Gasteiger partial charge in [0, 0.05) is 24.5 Å². The molecule has 1 aromatic heterocycles. The smallest absolute Gasteiger partial charge is 0.251 e. The lowest BCUT2D eigenvalue weighted by Gasteiger charge is -2.08. The van der Waals surface area contributed by atoms with Crippen LogP contribution in [0, 0.1) is 0 Å². The van der Waals surface area contributed by atoms with Crippen molar-refractivity contribution >= 4 is 11.6 Å². The van der Waals surface area contributed by atoms with Crippen LogP contribution in [0.25, 0.3) is 0 Å². The maximum atomic E-state index is 11.4. The van der Waals surface area contributed by atoms with Crippen LogP contribution in [0.5, 0.6) is 0 Å². The summed E-state index contributed by atoms with van der Waals surface area (Å²) in [5.74, 6) is -0.339. The SMILES string of the molecule is CC(O)CNC(=O)Cn1cc(N)ccc1=O. The number of carbonyl (C=O) groups is 1. The number of hydrogen-bond acceptors (Lipinski definition) is 4. The van der Waals surface area contributed by atoms with E-state index < -0.39 is 6.10 Å². The highest BCUT2D eigenvalue weighted by Crippen LogP contribution is 1.95. The molecule has 0 aliphatic heterocycles. The Balaban J connectivity index is 2.62. The lowest BCUT2D eigenvalue weighted by molar-refractivity contribution is -0.122. The minimum Gasteiger partial charge on any atom is -0.398 e. The summed E-state index contributed by atoms with van der Waals surface area (Å²) in [7, 11) is 0. The molecule has 16 heavy (non-hydrogen) atoms. The van der Waals surface area contributed by atoms with Gasteiger partial charge in [0.25, 0.3) is 5.56 Å². The summed E-state index contributed by atoms with van der Waals surface area (Å²) in [5.41, 5.74) is 5.62. The fraction of sp³-hybridized carbons (Fsp3) is 0.400. The van der Waals surface area contributed by atoms with Crippen molar-refractivity contribution in [1.82, 2.24) is 9.88 Å². The van der Waals surface area contributed by atoms with E-state index in [1.807, 2.05) is 0 Å². The first-order valence-electron chi connectivity index (χ1n) is 4.90. The molecular weight excluding hydrogens is 210 g/mol. The number of carbonyl (C=O) groups excluding carboxylic acids is 1. The Kier molecular flexibility index (Phi) is 4.07. The number of hydrogen-bond donors (Lipinski definition) is 3. The summed E-state index contributed by atoms with van der Waals surface area (Å²) < 4.78 is 1.21. The number of amides is 1. The number of pyridine rings is 1. The van der Waals surface area contributed by atoms with Gasteiger partial charge in [-0.3, -0.25) is 9.59 Å². The molecule has 4 N–H and O–H groups in total. The number of aliphatic hydroxyl groups excluding tert-OH is 1. The molecule has 88 valence electrons. The molecule has 1 aromatic rings. The van der Waals surface area contributed by atoms with Gasteiger partial charge in [-0.2, -0.15) is 0 Å². The molecule has 0 aromatic carbocycles. The molecule has 6 heteroatoms. The number of nitrogens with two attached hydrogens (primary N) is 1. The van der Waals surface area contributed by atoms with Crippen LogP contribution in [0.1, 0.15) is 6.92 Å². The number of rotatable bonds is 4. The summed E-state index contributed by atoms with van der Waals surface area (Å²) in [6.07, 6.45) is 0.797. The molecule has 0 radical (unpaired) electrons. The van der Waals surface area contributed by atoms with Gasteiger partial charge >= 0.3 is 0 Å². The molecule has 6 nitrogen and oxygen atoms in total. The van der Waals surface area contributed by atoms with E-state index in [1.165, 1.54) is 22.9 Å². The van der Waals surface area contributed by atoms with Crippen LogP contribution < -0.4 is 16.6 Å². The van der Waals surface area contributed by atoms with E-state index in [1.54, 1.807) is 6.92 Å². The Morgan fingerprint density at radius 3 is 2.94 bits per heavy atom. The second kappa shape index (κ2) is 5.32. The monoisotopic (exact) mass is 225 g/mol. The number of anilines is 1. The molecule has 1 atom stereocenters. The van der Waals surface area contributed by atoms with Gasteiger partial charge in [-0.25, -0.2) is 0 Å². The first-order valence-corrected chi connectivity index (χ1v) is 4.90. The summed E-state index contributed by atoms with van der Waals surface area (Å²) in [6, 6.07) is 2.78. The first-order chi connectivity index (χ1) is 7.49. The van der Waals surface area contributed by atoms with Crippen LogP contribution in [-0.2, 0) is 11.3 Å². The number of nitrogen functional groups attached to an aromatic ring is 1. The standard InChI is InChI=1S/C10H15N3O3/c1-7(14)4-12-9(15)6-13-5-8(11)2-3-10(13)16/h2-3,5,7,14H,4,6,11H2,1H3,(H,12,15). The molecule has 1 rings (SSSR count). The highest BCUT2D eigenvalue weighted by Gasteiger charge is 2.05. The zero-order valence-electron chi connectivity index (χ0n) is 9.01. The number of nitrogens with one attached hydrogen (secondary N) is 1. The summed E-state index contributed by atoms with van der Waals surface area (Å²) >= 11 is 0. The average Bonchev–Trinajstić information content (AvgIpc) is 2.20. The van der Waals surface area contributed by atoms with Crippen LogP contribution in [0.4, 0.5) is 5.69 Å². The summed E-state index contributed by atoms with van der Waals surface area (Å²) in [5, 5.41) is 11.5. The molecule has 0 saturated carbocycles. The Bertz CT molecular complexity index is 426. The average molecular weight is 225 g/mol. The topological polar surface area (TPSA) is 97.3 Å². The third-order valence-corrected chi connectivity index (χ3v) is 1.91. The second-order valence-corrected chi connectivity index (χ2v) is 3.58. The van der Waals surface area contributed by atoms with Crippen molar-refractivity contribution in [1.29, 1.82) is 0 Å². The number of aromatic nitrogens is 1. The van der Waals surface area contributed by atoms with Crippen LogP contribution in [0.15, 0.2) is 23.1 Å². The third kappa shape index (κ3) is 3.74. The molecule has 1 unspecified atom stereocenters. The normalized spacial score (nSPS) is 12.1. The van der Waals surface area contributed by atoms with Crippen molar-refractivity contribution in [2.24, 2.45) is 0 Å². The summed E-state index contributed by atoms with van der Waals surface area (Å²) in [4.78, 5) is 22.7. The van der Waals surface area contributed by atoms with Crippen molar-refractivity contribution in [3.8, 4) is 0 Å². The van der Waals surface area contributed by atoms with Gasteiger partial charge in [0.15, 0.2) is 0 Å². The zero-order chi connectivity index (χ0) is 12.1. The lowest BCUT2D eigenvalue weighted by Crippen LogP contribution is -2.35. The Morgan fingerprint density at radius 2 is 2.31 bits per heavy atom. The highest BCUT2D eigenvalue weighted by molar-refractivity contribution is 5.75. The van der Waals surface area contributed by atoms with E-state index in [-0.39, 0.29) is 24.6 Å². The van der Waals surface area contributed by atoms with Crippen LogP contribution in [-0.4, -0.2) is 28.2 Å². The van der Waals surface area contributed by atoms with Gasteiger partial charge in [0.1, 0.15) is 6.54 Å². The van der Waals surface area contributed by atoms with Gasteiger partial charge in [0.2, 0.25) is 5.91 Å². The van der Waals surface area contributed by atoms with E-state index in [2.05, 4.69) is 5.32 Å². The molecule has 0 aliphatic carbocycles.